The van der Waals surface area contributed by atoms with Crippen molar-refractivity contribution in [1.82, 2.24) is 20.8 Å². The summed E-state index contributed by atoms with van der Waals surface area (Å²) in [5, 5.41) is 2.98. The summed E-state index contributed by atoms with van der Waals surface area (Å²) in [7, 11) is 0. The second kappa shape index (κ2) is 8.09. The van der Waals surface area contributed by atoms with Gasteiger partial charge in [0.25, 0.3) is 11.8 Å². The van der Waals surface area contributed by atoms with E-state index in [1.807, 2.05) is 0 Å². The van der Waals surface area contributed by atoms with Crippen LogP contribution < -0.4 is 15.8 Å². The molecule has 4 heterocycles. The number of anilines is 1. The first-order valence-corrected chi connectivity index (χ1v) is 10.2. The zero-order chi connectivity index (χ0) is 19.5. The monoisotopic (exact) mass is 419 g/mol. The molecule has 0 radical (unpaired) electrons. The van der Waals surface area contributed by atoms with E-state index in [9.17, 15) is 9.59 Å². The van der Waals surface area contributed by atoms with Crippen LogP contribution in [0.3, 0.4) is 0 Å². The third kappa shape index (κ3) is 3.91. The van der Waals surface area contributed by atoms with Gasteiger partial charge in [-0.15, -0.1) is 11.3 Å². The number of ether oxygens (including phenoxy) is 1. The summed E-state index contributed by atoms with van der Waals surface area (Å²) in [5.41, 5.74) is 5.64. The first kappa shape index (κ1) is 18.6. The highest BCUT2D eigenvalue weighted by Gasteiger charge is 2.21. The molecule has 0 aliphatic carbocycles. The van der Waals surface area contributed by atoms with Crippen molar-refractivity contribution in [3.8, 4) is 10.8 Å². The van der Waals surface area contributed by atoms with Gasteiger partial charge in [0.1, 0.15) is 10.6 Å². The van der Waals surface area contributed by atoms with Gasteiger partial charge in [-0.1, -0.05) is 11.3 Å². The smallest absolute Gasteiger partial charge is 0.289 e. The predicted octanol–water partition coefficient (Wildman–Crippen LogP) is 2.08. The highest BCUT2D eigenvalue weighted by molar-refractivity contribution is 7.17. The number of morpholine rings is 1. The van der Waals surface area contributed by atoms with Crippen LogP contribution in [0, 0.1) is 6.92 Å². The molecule has 0 spiro atoms. The number of nitrogens with zero attached hydrogens (tertiary/aromatic N) is 3. The number of rotatable bonds is 4. The van der Waals surface area contributed by atoms with E-state index >= 15 is 0 Å². The molecule has 2 amide bonds. The van der Waals surface area contributed by atoms with Crippen LogP contribution in [-0.4, -0.2) is 48.1 Å². The Morgan fingerprint density at radius 1 is 1.18 bits per heavy atom. The van der Waals surface area contributed by atoms with Crippen molar-refractivity contribution in [2.75, 3.05) is 31.2 Å². The Balaban J connectivity index is 1.37. The maximum atomic E-state index is 12.5. The molecule has 11 heteroatoms. The third-order valence-corrected chi connectivity index (χ3v) is 6.11. The minimum Gasteiger partial charge on any atom is -0.462 e. The molecule has 1 aliphatic rings. The maximum Gasteiger partial charge on any atom is 0.289 e. The Hall–Kier alpha value is -2.76. The van der Waals surface area contributed by atoms with Crippen molar-refractivity contribution in [1.29, 1.82) is 0 Å². The number of aryl methyl sites for hydroxylation is 1. The van der Waals surface area contributed by atoms with E-state index in [0.29, 0.717) is 34.6 Å². The van der Waals surface area contributed by atoms with Gasteiger partial charge in [0.15, 0.2) is 15.9 Å². The second-order valence-electron chi connectivity index (χ2n) is 5.93. The molecule has 1 saturated heterocycles. The molecule has 0 saturated carbocycles. The van der Waals surface area contributed by atoms with E-state index < -0.39 is 11.8 Å². The fourth-order valence-electron chi connectivity index (χ4n) is 2.61. The number of carbonyl (C=O) groups is 2. The number of furan rings is 1. The van der Waals surface area contributed by atoms with Crippen LogP contribution in [0.4, 0.5) is 5.13 Å². The lowest BCUT2D eigenvalue weighted by Gasteiger charge is -2.25. The molecule has 2 N–H and O–H groups in total. The van der Waals surface area contributed by atoms with Crippen LogP contribution in [0.15, 0.2) is 28.2 Å². The molecule has 0 atom stereocenters. The molecule has 4 rings (SSSR count). The van der Waals surface area contributed by atoms with E-state index in [4.69, 9.17) is 9.15 Å². The van der Waals surface area contributed by atoms with Gasteiger partial charge in [-0.3, -0.25) is 20.4 Å². The van der Waals surface area contributed by atoms with E-state index in [1.54, 1.807) is 30.7 Å². The van der Waals surface area contributed by atoms with Crippen molar-refractivity contribution in [2.45, 2.75) is 6.92 Å². The number of aromatic nitrogens is 2. The van der Waals surface area contributed by atoms with Gasteiger partial charge >= 0.3 is 0 Å². The lowest BCUT2D eigenvalue weighted by atomic mass is 10.4. The number of amides is 2. The van der Waals surface area contributed by atoms with E-state index in [2.05, 4.69) is 25.7 Å². The molecule has 28 heavy (non-hydrogen) atoms. The fourth-order valence-corrected chi connectivity index (χ4v) is 4.39. The van der Waals surface area contributed by atoms with Crippen LogP contribution in [-0.2, 0) is 4.74 Å². The van der Waals surface area contributed by atoms with Gasteiger partial charge in [-0.25, -0.2) is 9.97 Å². The van der Waals surface area contributed by atoms with Crippen LogP contribution in [0.1, 0.15) is 25.9 Å². The molecule has 1 fully saturated rings. The molecule has 1 aliphatic heterocycles. The van der Waals surface area contributed by atoms with Crippen molar-refractivity contribution < 1.29 is 18.7 Å². The largest absolute Gasteiger partial charge is 0.462 e. The molecular formula is C17H17N5O4S2. The normalized spacial score (nSPS) is 14.1. The van der Waals surface area contributed by atoms with E-state index in [-0.39, 0.29) is 5.69 Å². The predicted molar refractivity (Wildman–Crippen MR) is 105 cm³/mol. The van der Waals surface area contributed by atoms with Crippen LogP contribution in [0.2, 0.25) is 0 Å². The van der Waals surface area contributed by atoms with Gasteiger partial charge in [-0.05, 0) is 19.1 Å². The topological polar surface area (TPSA) is 110 Å². The standard InChI is InChI=1S/C17H17N5O4S2/c1-10-13(28-17(18-10)22-4-7-25-8-5-22)15(24)21-20-14(23)11-9-27-16(19-11)12-3-2-6-26-12/h2-3,6,9H,4-5,7-8H2,1H3,(H,20,23)(H,21,24). The van der Waals surface area contributed by atoms with Crippen LogP contribution >= 0.6 is 22.7 Å². The second-order valence-corrected chi connectivity index (χ2v) is 7.77. The van der Waals surface area contributed by atoms with Gasteiger partial charge < -0.3 is 14.1 Å². The Labute approximate surface area is 168 Å². The lowest BCUT2D eigenvalue weighted by Crippen LogP contribution is -2.41. The van der Waals surface area contributed by atoms with Crippen LogP contribution in [0.5, 0.6) is 0 Å². The summed E-state index contributed by atoms with van der Waals surface area (Å²) in [6.45, 7) is 4.54. The number of hydrogen-bond acceptors (Lipinski definition) is 9. The van der Waals surface area contributed by atoms with Gasteiger partial charge in [-0.2, -0.15) is 0 Å². The molecular weight excluding hydrogens is 402 g/mol. The summed E-state index contributed by atoms with van der Waals surface area (Å²) < 4.78 is 10.6. The number of carbonyl (C=O) groups excluding carboxylic acids is 2. The summed E-state index contributed by atoms with van der Waals surface area (Å²) in [4.78, 5) is 35.9. The Kier molecular flexibility index (Phi) is 5.37. The number of hydrogen-bond donors (Lipinski definition) is 2. The molecule has 0 bridgehead atoms. The average molecular weight is 419 g/mol. The van der Waals surface area contributed by atoms with Gasteiger partial charge in [0.2, 0.25) is 0 Å². The van der Waals surface area contributed by atoms with Gasteiger partial charge in [0.05, 0.1) is 25.2 Å². The number of nitrogens with one attached hydrogen (secondary N) is 2. The van der Waals surface area contributed by atoms with Crippen molar-refractivity contribution in [3.05, 3.63) is 40.0 Å². The average Bonchev–Trinajstić information content (AvgIpc) is 3.46. The molecule has 146 valence electrons. The highest BCUT2D eigenvalue weighted by Crippen LogP contribution is 2.27. The van der Waals surface area contributed by atoms with Crippen molar-refractivity contribution >= 4 is 39.6 Å². The van der Waals surface area contributed by atoms with E-state index in [0.717, 1.165) is 18.2 Å². The highest BCUT2D eigenvalue weighted by atomic mass is 32.1. The Morgan fingerprint density at radius 2 is 1.96 bits per heavy atom. The first-order valence-electron chi connectivity index (χ1n) is 8.52. The number of hydrazine groups is 1. The summed E-state index contributed by atoms with van der Waals surface area (Å²) >= 11 is 2.58. The Bertz CT molecular complexity index is 976. The van der Waals surface area contributed by atoms with Crippen molar-refractivity contribution in [2.24, 2.45) is 0 Å². The lowest BCUT2D eigenvalue weighted by molar-refractivity contribution is 0.0846. The molecule has 0 unspecified atom stereocenters. The summed E-state index contributed by atoms with van der Waals surface area (Å²) in [6, 6.07) is 3.51. The first-order chi connectivity index (χ1) is 13.6. The summed E-state index contributed by atoms with van der Waals surface area (Å²) in [6.07, 6.45) is 1.54. The molecule has 3 aromatic rings. The third-order valence-electron chi connectivity index (χ3n) is 4.03. The number of thiazole rings is 2. The summed E-state index contributed by atoms with van der Waals surface area (Å²) in [5.74, 6) is -0.327. The zero-order valence-corrected chi connectivity index (χ0v) is 16.6. The molecule has 3 aromatic heterocycles. The zero-order valence-electron chi connectivity index (χ0n) is 14.9. The minimum atomic E-state index is -0.502. The SMILES string of the molecule is Cc1nc(N2CCOCC2)sc1C(=O)NNC(=O)c1csc(-c2ccco2)n1. The minimum absolute atomic E-state index is 0.201. The quantitative estimate of drug-likeness (QED) is 0.623. The Morgan fingerprint density at radius 3 is 2.71 bits per heavy atom. The van der Waals surface area contributed by atoms with Crippen molar-refractivity contribution in [3.63, 3.8) is 0 Å². The van der Waals surface area contributed by atoms with Crippen LogP contribution in [0.25, 0.3) is 10.8 Å². The van der Waals surface area contributed by atoms with Gasteiger partial charge in [0, 0.05) is 18.5 Å². The van der Waals surface area contributed by atoms with E-state index in [1.165, 1.54) is 22.7 Å². The molecule has 9 nitrogen and oxygen atoms in total. The maximum absolute atomic E-state index is 12.5. The molecule has 0 aromatic carbocycles. The fraction of sp³-hybridized carbons (Fsp3) is 0.294.